The third-order valence-electron chi connectivity index (χ3n) is 2.55. The Morgan fingerprint density at radius 1 is 1.14 bits per heavy atom. The summed E-state index contributed by atoms with van der Waals surface area (Å²) < 4.78 is 0. The molecule has 0 unspecified atom stereocenters. The third-order valence-corrected chi connectivity index (χ3v) is 3.51. The summed E-state index contributed by atoms with van der Waals surface area (Å²) >= 11 is 1.91. The van der Waals surface area contributed by atoms with Crippen LogP contribution in [-0.4, -0.2) is 10.8 Å². The lowest BCUT2D eigenvalue weighted by molar-refractivity contribution is 0.596. The van der Waals surface area contributed by atoms with E-state index in [9.17, 15) is 0 Å². The summed E-state index contributed by atoms with van der Waals surface area (Å²) in [6, 6.07) is 0. The maximum Gasteiger partial charge on any atom is 0.0835 e. The highest BCUT2D eigenvalue weighted by Crippen LogP contribution is 2.19. The fraction of sp³-hybridized carbons (Fsp3) is 0.833. The zero-order valence-corrected chi connectivity index (χ0v) is 10.1. The Kier molecular flexibility index (Phi) is 7.20. The first kappa shape index (κ1) is 12.1. The van der Waals surface area contributed by atoms with E-state index >= 15 is 0 Å². The SMILES string of the molecule is CCCCCCCCCC1=N[CH]CS1. The predicted octanol–water partition coefficient (Wildman–Crippen LogP) is 4.43. The molecule has 1 rings (SSSR count). The van der Waals surface area contributed by atoms with E-state index in [1.807, 2.05) is 18.3 Å². The summed E-state index contributed by atoms with van der Waals surface area (Å²) in [6.07, 6.45) is 11.0. The highest BCUT2D eigenvalue weighted by Gasteiger charge is 2.05. The number of aliphatic imine (C=N–C) groups is 1. The first-order chi connectivity index (χ1) is 6.93. The average Bonchev–Trinajstić information content (AvgIpc) is 2.69. The minimum absolute atomic E-state index is 1.10. The molecule has 0 saturated carbocycles. The Morgan fingerprint density at radius 2 is 1.86 bits per heavy atom. The highest BCUT2D eigenvalue weighted by atomic mass is 32.2. The van der Waals surface area contributed by atoms with Gasteiger partial charge in [-0.2, -0.15) is 0 Å². The molecule has 0 spiro atoms. The molecule has 0 aromatic rings. The molecule has 0 saturated heterocycles. The van der Waals surface area contributed by atoms with E-state index in [2.05, 4.69) is 11.9 Å². The molecular formula is C12H22NS. The van der Waals surface area contributed by atoms with E-state index in [0.717, 1.165) is 5.75 Å². The molecule has 0 atom stereocenters. The molecular weight excluding hydrogens is 190 g/mol. The molecule has 81 valence electrons. The molecule has 1 aliphatic heterocycles. The Labute approximate surface area is 92.8 Å². The summed E-state index contributed by atoms with van der Waals surface area (Å²) in [6.45, 7) is 4.30. The first-order valence-corrected chi connectivity index (χ1v) is 6.93. The van der Waals surface area contributed by atoms with Crippen molar-refractivity contribution in [3.05, 3.63) is 6.54 Å². The van der Waals surface area contributed by atoms with Gasteiger partial charge in [-0.25, -0.2) is 0 Å². The van der Waals surface area contributed by atoms with Crippen LogP contribution in [0.1, 0.15) is 58.3 Å². The quantitative estimate of drug-likeness (QED) is 0.542. The Morgan fingerprint density at radius 3 is 2.50 bits per heavy atom. The lowest BCUT2D eigenvalue weighted by Gasteiger charge is -2.00. The topological polar surface area (TPSA) is 12.4 Å². The van der Waals surface area contributed by atoms with Gasteiger partial charge in [0.1, 0.15) is 0 Å². The molecule has 1 nitrogen and oxygen atoms in total. The van der Waals surface area contributed by atoms with Crippen LogP contribution in [0.4, 0.5) is 0 Å². The van der Waals surface area contributed by atoms with Crippen LogP contribution in [-0.2, 0) is 0 Å². The number of nitrogens with zero attached hydrogens (tertiary/aromatic N) is 1. The number of rotatable bonds is 8. The van der Waals surface area contributed by atoms with Gasteiger partial charge in [0.2, 0.25) is 0 Å². The second-order valence-electron chi connectivity index (χ2n) is 3.89. The van der Waals surface area contributed by atoms with Crippen molar-refractivity contribution < 1.29 is 0 Å². The summed E-state index contributed by atoms with van der Waals surface area (Å²) in [5.41, 5.74) is 0. The molecule has 0 bridgehead atoms. The maximum absolute atomic E-state index is 4.34. The number of unbranched alkanes of at least 4 members (excludes halogenated alkanes) is 6. The maximum atomic E-state index is 4.34. The van der Waals surface area contributed by atoms with E-state index in [0.29, 0.717) is 0 Å². The zero-order valence-electron chi connectivity index (χ0n) is 9.30. The van der Waals surface area contributed by atoms with Crippen molar-refractivity contribution in [2.75, 3.05) is 5.75 Å². The van der Waals surface area contributed by atoms with Crippen molar-refractivity contribution in [1.82, 2.24) is 0 Å². The van der Waals surface area contributed by atoms with Crippen molar-refractivity contribution in [1.29, 1.82) is 0 Å². The molecule has 1 radical (unpaired) electrons. The van der Waals surface area contributed by atoms with Crippen molar-refractivity contribution >= 4 is 16.8 Å². The van der Waals surface area contributed by atoms with Crippen molar-refractivity contribution in [2.45, 2.75) is 58.3 Å². The van der Waals surface area contributed by atoms with Crippen LogP contribution in [0.5, 0.6) is 0 Å². The molecule has 2 heteroatoms. The van der Waals surface area contributed by atoms with E-state index in [-0.39, 0.29) is 0 Å². The molecule has 0 amide bonds. The molecule has 0 aromatic heterocycles. The van der Waals surface area contributed by atoms with Gasteiger partial charge >= 0.3 is 0 Å². The van der Waals surface area contributed by atoms with E-state index in [1.54, 1.807) is 0 Å². The predicted molar refractivity (Wildman–Crippen MR) is 66.8 cm³/mol. The van der Waals surface area contributed by atoms with Gasteiger partial charge in [-0.1, -0.05) is 45.4 Å². The van der Waals surface area contributed by atoms with Crippen LogP contribution in [0, 0.1) is 6.54 Å². The normalized spacial score (nSPS) is 15.9. The second-order valence-corrected chi connectivity index (χ2v) is 4.98. The van der Waals surface area contributed by atoms with Crippen LogP contribution >= 0.6 is 11.8 Å². The summed E-state index contributed by atoms with van der Waals surface area (Å²) in [4.78, 5) is 4.34. The Bertz CT molecular complexity index is 166. The van der Waals surface area contributed by atoms with Gasteiger partial charge in [-0.3, -0.25) is 4.99 Å². The van der Waals surface area contributed by atoms with E-state index in [1.165, 1.54) is 56.4 Å². The summed E-state index contributed by atoms with van der Waals surface area (Å²) in [5.74, 6) is 1.10. The molecule has 14 heavy (non-hydrogen) atoms. The van der Waals surface area contributed by atoms with Gasteiger partial charge in [-0.15, -0.1) is 11.8 Å². The molecule has 0 N–H and O–H groups in total. The number of hydrogen-bond donors (Lipinski definition) is 0. The van der Waals surface area contributed by atoms with Gasteiger partial charge in [0.05, 0.1) is 11.6 Å². The fourth-order valence-electron chi connectivity index (χ4n) is 1.68. The lowest BCUT2D eigenvalue weighted by atomic mass is 10.1. The van der Waals surface area contributed by atoms with Crippen LogP contribution in [0.2, 0.25) is 0 Å². The van der Waals surface area contributed by atoms with Crippen LogP contribution < -0.4 is 0 Å². The monoisotopic (exact) mass is 212 g/mol. The molecule has 0 aromatic carbocycles. The van der Waals surface area contributed by atoms with Crippen LogP contribution in [0.15, 0.2) is 4.99 Å². The smallest absolute Gasteiger partial charge is 0.0835 e. The van der Waals surface area contributed by atoms with E-state index < -0.39 is 0 Å². The summed E-state index contributed by atoms with van der Waals surface area (Å²) in [7, 11) is 0. The minimum atomic E-state index is 1.10. The van der Waals surface area contributed by atoms with Crippen LogP contribution in [0.25, 0.3) is 0 Å². The zero-order chi connectivity index (χ0) is 10.1. The Balaban J connectivity index is 1.80. The highest BCUT2D eigenvalue weighted by molar-refractivity contribution is 8.14. The second kappa shape index (κ2) is 8.34. The molecule has 1 aliphatic rings. The van der Waals surface area contributed by atoms with Crippen molar-refractivity contribution in [3.8, 4) is 0 Å². The number of thioether (sulfide) groups is 1. The lowest BCUT2D eigenvalue weighted by Crippen LogP contribution is -1.88. The van der Waals surface area contributed by atoms with Gasteiger partial charge in [0, 0.05) is 5.75 Å². The van der Waals surface area contributed by atoms with Gasteiger partial charge in [0.15, 0.2) is 0 Å². The largest absolute Gasteiger partial charge is 0.276 e. The van der Waals surface area contributed by atoms with Gasteiger partial charge in [0.25, 0.3) is 0 Å². The van der Waals surface area contributed by atoms with E-state index in [4.69, 9.17) is 0 Å². The third kappa shape index (κ3) is 5.69. The summed E-state index contributed by atoms with van der Waals surface area (Å²) in [5, 5.41) is 1.36. The molecule has 1 heterocycles. The number of hydrogen-bond acceptors (Lipinski definition) is 2. The minimum Gasteiger partial charge on any atom is -0.276 e. The average molecular weight is 212 g/mol. The molecule has 0 fully saturated rings. The Hall–Kier alpha value is 0.0200. The molecule has 0 aliphatic carbocycles. The standard InChI is InChI=1S/C12H22NS/c1-2-3-4-5-6-7-8-9-12-13-10-11-14-12/h10H,2-9,11H2,1H3. The first-order valence-electron chi connectivity index (χ1n) is 5.94. The van der Waals surface area contributed by atoms with Crippen molar-refractivity contribution in [3.63, 3.8) is 0 Å². The van der Waals surface area contributed by atoms with Gasteiger partial charge < -0.3 is 0 Å². The van der Waals surface area contributed by atoms with Crippen LogP contribution in [0.3, 0.4) is 0 Å². The van der Waals surface area contributed by atoms with Crippen molar-refractivity contribution in [2.24, 2.45) is 4.99 Å². The fourth-order valence-corrected chi connectivity index (χ4v) is 2.46. The van der Waals surface area contributed by atoms with Gasteiger partial charge in [-0.05, 0) is 12.8 Å².